The topological polar surface area (TPSA) is 71.2 Å². The van der Waals surface area contributed by atoms with Gasteiger partial charge in [0.15, 0.2) is 0 Å². The second-order valence-electron chi connectivity index (χ2n) is 2.78. The summed E-state index contributed by atoms with van der Waals surface area (Å²) in [6.45, 7) is 3.76. The van der Waals surface area contributed by atoms with Gasteiger partial charge in [-0.2, -0.15) is 5.11 Å². The van der Waals surface area contributed by atoms with Crippen molar-refractivity contribution in [3.8, 4) is 0 Å². The van der Waals surface area contributed by atoms with E-state index in [1.807, 2.05) is 6.92 Å². The van der Waals surface area contributed by atoms with Crippen molar-refractivity contribution >= 4 is 5.97 Å². The molecule has 1 heterocycles. The van der Waals surface area contributed by atoms with E-state index in [0.717, 1.165) is 0 Å². The van der Waals surface area contributed by atoms with Crippen LogP contribution in [0.5, 0.6) is 0 Å². The molecule has 1 aliphatic rings. The zero-order valence-corrected chi connectivity index (χ0v) is 7.65. The SMILES string of the molecule is CCOC(=O)C1=C(O)CC(C)N=N1. The van der Waals surface area contributed by atoms with Gasteiger partial charge in [0, 0.05) is 6.42 Å². The van der Waals surface area contributed by atoms with Crippen molar-refractivity contribution < 1.29 is 14.6 Å². The predicted octanol–water partition coefficient (Wildman–Crippen LogP) is 1.56. The Balaban J connectivity index is 2.75. The minimum absolute atomic E-state index is 0.0408. The fourth-order valence-electron chi connectivity index (χ4n) is 0.989. The molecule has 0 aromatic heterocycles. The number of aliphatic hydroxyl groups excluding tert-OH is 1. The van der Waals surface area contributed by atoms with Gasteiger partial charge in [0.05, 0.1) is 12.6 Å². The van der Waals surface area contributed by atoms with Crippen LogP contribution in [0.4, 0.5) is 0 Å². The average molecular weight is 184 g/mol. The number of rotatable bonds is 2. The third-order valence-electron chi connectivity index (χ3n) is 1.59. The summed E-state index contributed by atoms with van der Waals surface area (Å²) in [7, 11) is 0. The van der Waals surface area contributed by atoms with Gasteiger partial charge < -0.3 is 9.84 Å². The third-order valence-corrected chi connectivity index (χ3v) is 1.59. The highest BCUT2D eigenvalue weighted by molar-refractivity contribution is 5.88. The molecule has 1 rings (SSSR count). The van der Waals surface area contributed by atoms with Gasteiger partial charge in [-0.15, -0.1) is 5.11 Å². The minimum Gasteiger partial charge on any atom is -0.510 e. The number of ether oxygens (including phenoxy) is 1. The maximum absolute atomic E-state index is 11.1. The summed E-state index contributed by atoms with van der Waals surface area (Å²) in [6.07, 6.45) is 0.345. The van der Waals surface area contributed by atoms with E-state index in [1.54, 1.807) is 6.92 Å². The average Bonchev–Trinajstić information content (AvgIpc) is 2.04. The number of azo groups is 1. The number of hydrogen-bond donors (Lipinski definition) is 1. The summed E-state index contributed by atoms with van der Waals surface area (Å²) in [4.78, 5) is 11.1. The first kappa shape index (κ1) is 9.70. The molecule has 0 aliphatic carbocycles. The Bertz CT molecular complexity index is 271. The first-order valence-corrected chi connectivity index (χ1v) is 4.15. The summed E-state index contributed by atoms with van der Waals surface area (Å²) in [5, 5.41) is 16.7. The van der Waals surface area contributed by atoms with Crippen LogP contribution in [0.1, 0.15) is 20.3 Å². The van der Waals surface area contributed by atoms with Crippen molar-refractivity contribution in [3.05, 3.63) is 11.5 Å². The molecule has 0 aromatic rings. The molecule has 5 heteroatoms. The van der Waals surface area contributed by atoms with Gasteiger partial charge in [-0.3, -0.25) is 0 Å². The molecule has 1 atom stereocenters. The van der Waals surface area contributed by atoms with Crippen molar-refractivity contribution in [1.29, 1.82) is 0 Å². The molecule has 5 nitrogen and oxygen atoms in total. The van der Waals surface area contributed by atoms with E-state index in [2.05, 4.69) is 15.0 Å². The van der Waals surface area contributed by atoms with Crippen LogP contribution in [0.3, 0.4) is 0 Å². The minimum atomic E-state index is -0.615. The van der Waals surface area contributed by atoms with Gasteiger partial charge in [-0.05, 0) is 13.8 Å². The standard InChI is InChI=1S/C8H12N2O3/c1-3-13-8(12)7-6(11)4-5(2)9-10-7/h5,11H,3-4H2,1-2H3. The molecule has 1 aliphatic heterocycles. The number of hydrogen-bond acceptors (Lipinski definition) is 5. The molecule has 1 N–H and O–H groups in total. The number of esters is 1. The third kappa shape index (κ3) is 2.27. The molecular weight excluding hydrogens is 172 g/mol. The van der Waals surface area contributed by atoms with Crippen LogP contribution in [0.2, 0.25) is 0 Å². The second kappa shape index (κ2) is 4.02. The molecule has 0 amide bonds. The Kier molecular flexibility index (Phi) is 3.00. The van der Waals surface area contributed by atoms with Gasteiger partial charge in [0.2, 0.25) is 5.70 Å². The summed E-state index contributed by atoms with van der Waals surface area (Å²) in [6, 6.07) is -0.0711. The first-order valence-electron chi connectivity index (χ1n) is 4.15. The van der Waals surface area contributed by atoms with Crippen LogP contribution in [-0.2, 0) is 9.53 Å². The highest BCUT2D eigenvalue weighted by Crippen LogP contribution is 2.19. The molecule has 0 bridgehead atoms. The van der Waals surface area contributed by atoms with Crippen molar-refractivity contribution in [2.75, 3.05) is 6.61 Å². The van der Waals surface area contributed by atoms with Crippen LogP contribution in [0.25, 0.3) is 0 Å². The van der Waals surface area contributed by atoms with Crippen molar-refractivity contribution in [2.45, 2.75) is 26.3 Å². The second-order valence-corrected chi connectivity index (χ2v) is 2.78. The molecule has 0 aromatic carbocycles. The molecule has 0 saturated carbocycles. The van der Waals surface area contributed by atoms with Gasteiger partial charge in [0.25, 0.3) is 0 Å². The van der Waals surface area contributed by atoms with E-state index in [1.165, 1.54) is 0 Å². The normalized spacial score (nSPS) is 21.8. The van der Waals surface area contributed by atoms with Crippen molar-refractivity contribution in [2.24, 2.45) is 10.2 Å². The summed E-state index contributed by atoms with van der Waals surface area (Å²) < 4.78 is 4.68. The van der Waals surface area contributed by atoms with Crippen LogP contribution < -0.4 is 0 Å². The predicted molar refractivity (Wildman–Crippen MR) is 45.2 cm³/mol. The van der Waals surface area contributed by atoms with Crippen LogP contribution in [0, 0.1) is 0 Å². The monoisotopic (exact) mass is 184 g/mol. The Morgan fingerprint density at radius 3 is 3.00 bits per heavy atom. The Morgan fingerprint density at radius 2 is 2.46 bits per heavy atom. The van der Waals surface area contributed by atoms with Crippen LogP contribution in [-0.4, -0.2) is 23.7 Å². The molecule has 0 saturated heterocycles. The maximum atomic E-state index is 11.1. The highest BCUT2D eigenvalue weighted by atomic mass is 16.5. The van der Waals surface area contributed by atoms with E-state index in [9.17, 15) is 9.90 Å². The number of carbonyl (C=O) groups is 1. The van der Waals surface area contributed by atoms with Gasteiger partial charge in [-0.1, -0.05) is 0 Å². The number of nitrogens with zero attached hydrogens (tertiary/aromatic N) is 2. The molecule has 0 spiro atoms. The lowest BCUT2D eigenvalue weighted by atomic mass is 10.1. The first-order chi connectivity index (χ1) is 6.15. The highest BCUT2D eigenvalue weighted by Gasteiger charge is 2.21. The van der Waals surface area contributed by atoms with Gasteiger partial charge in [0.1, 0.15) is 5.76 Å². The number of carbonyl (C=O) groups excluding carboxylic acids is 1. The van der Waals surface area contributed by atoms with E-state index in [4.69, 9.17) is 0 Å². The quantitative estimate of drug-likeness (QED) is 0.662. The van der Waals surface area contributed by atoms with Crippen molar-refractivity contribution in [3.63, 3.8) is 0 Å². The molecule has 72 valence electrons. The summed E-state index contributed by atoms with van der Waals surface area (Å²) >= 11 is 0. The Morgan fingerprint density at radius 1 is 1.77 bits per heavy atom. The van der Waals surface area contributed by atoms with Crippen LogP contribution >= 0.6 is 0 Å². The van der Waals surface area contributed by atoms with Crippen molar-refractivity contribution in [1.82, 2.24) is 0 Å². The largest absolute Gasteiger partial charge is 0.510 e. The fraction of sp³-hybridized carbons (Fsp3) is 0.625. The lowest BCUT2D eigenvalue weighted by Crippen LogP contribution is -2.14. The lowest BCUT2D eigenvalue weighted by Gasteiger charge is -2.12. The van der Waals surface area contributed by atoms with E-state index in [0.29, 0.717) is 6.42 Å². The fourth-order valence-corrected chi connectivity index (χ4v) is 0.989. The molecule has 0 radical (unpaired) electrons. The zero-order valence-electron chi connectivity index (χ0n) is 7.65. The molecule has 0 fully saturated rings. The summed E-state index contributed by atoms with van der Waals surface area (Å²) in [5.41, 5.74) is -0.0695. The van der Waals surface area contributed by atoms with E-state index >= 15 is 0 Å². The smallest absolute Gasteiger partial charge is 0.362 e. The van der Waals surface area contributed by atoms with Crippen LogP contribution in [0.15, 0.2) is 21.7 Å². The Hall–Kier alpha value is -1.39. The number of aliphatic hydroxyl groups is 1. The lowest BCUT2D eigenvalue weighted by molar-refractivity contribution is -0.138. The van der Waals surface area contributed by atoms with Gasteiger partial charge in [-0.25, -0.2) is 4.79 Å². The molecule has 13 heavy (non-hydrogen) atoms. The molecular formula is C8H12N2O3. The summed E-state index contributed by atoms with van der Waals surface area (Å²) in [5.74, 6) is -0.656. The molecule has 1 unspecified atom stereocenters. The zero-order chi connectivity index (χ0) is 9.84. The Labute approximate surface area is 76.1 Å². The van der Waals surface area contributed by atoms with Gasteiger partial charge >= 0.3 is 5.97 Å². The maximum Gasteiger partial charge on any atom is 0.362 e. The van der Waals surface area contributed by atoms with E-state index < -0.39 is 5.97 Å². The van der Waals surface area contributed by atoms with E-state index in [-0.39, 0.29) is 24.1 Å².